The number of hydrogen-bond donors (Lipinski definition) is 3. The van der Waals surface area contributed by atoms with Crippen molar-refractivity contribution in [1.29, 1.82) is 0 Å². The molecule has 1 aliphatic carbocycles. The third-order valence-electron chi connectivity index (χ3n) is 5.40. The van der Waals surface area contributed by atoms with Gasteiger partial charge < -0.3 is 20.6 Å². The maximum Gasteiger partial charge on any atom is 0.314 e. The van der Waals surface area contributed by atoms with Gasteiger partial charge in [-0.15, -0.1) is 0 Å². The van der Waals surface area contributed by atoms with Crippen LogP contribution in [0.5, 0.6) is 0 Å². The Kier molecular flexibility index (Phi) is 7.15. The summed E-state index contributed by atoms with van der Waals surface area (Å²) >= 11 is 0. The number of carboxylic acids is 1. The van der Waals surface area contributed by atoms with E-state index in [9.17, 15) is 9.59 Å². The van der Waals surface area contributed by atoms with E-state index in [1.807, 2.05) is 0 Å². The lowest BCUT2D eigenvalue weighted by atomic mass is 9.68. The molecule has 132 valence electrons. The molecule has 3 N–H and O–H groups in total. The molecule has 0 bridgehead atoms. The van der Waals surface area contributed by atoms with E-state index in [1.165, 1.54) is 44.9 Å². The minimum absolute atomic E-state index is 0.0931. The van der Waals surface area contributed by atoms with Gasteiger partial charge in [0.2, 0.25) is 0 Å². The van der Waals surface area contributed by atoms with Gasteiger partial charge in [0.15, 0.2) is 0 Å². The van der Waals surface area contributed by atoms with Gasteiger partial charge in [-0.3, -0.25) is 4.79 Å². The lowest BCUT2D eigenvalue weighted by Gasteiger charge is -2.44. The van der Waals surface area contributed by atoms with E-state index >= 15 is 0 Å². The first-order valence-corrected chi connectivity index (χ1v) is 9.06. The van der Waals surface area contributed by atoms with E-state index in [2.05, 4.69) is 15.5 Å². The first-order chi connectivity index (χ1) is 11.1. The zero-order valence-electron chi connectivity index (χ0n) is 14.1. The van der Waals surface area contributed by atoms with E-state index in [-0.39, 0.29) is 12.5 Å². The van der Waals surface area contributed by atoms with Crippen LogP contribution in [-0.2, 0) is 4.79 Å². The molecule has 23 heavy (non-hydrogen) atoms. The molecule has 0 aromatic rings. The van der Waals surface area contributed by atoms with Crippen molar-refractivity contribution in [2.24, 2.45) is 5.41 Å². The predicted octanol–water partition coefficient (Wildman–Crippen LogP) is 2.20. The quantitative estimate of drug-likeness (QED) is 0.627. The lowest BCUT2D eigenvalue weighted by molar-refractivity contribution is -0.137. The Labute approximate surface area is 139 Å². The number of urea groups is 1. The molecule has 0 aromatic carbocycles. The molecule has 0 unspecified atom stereocenters. The van der Waals surface area contributed by atoms with Crippen LogP contribution in [-0.4, -0.2) is 54.7 Å². The van der Waals surface area contributed by atoms with Gasteiger partial charge in [-0.25, -0.2) is 4.79 Å². The first-order valence-electron chi connectivity index (χ1n) is 9.06. The van der Waals surface area contributed by atoms with Crippen molar-refractivity contribution in [3.05, 3.63) is 0 Å². The Balaban J connectivity index is 1.52. The second-order valence-electron chi connectivity index (χ2n) is 7.08. The van der Waals surface area contributed by atoms with E-state index in [1.54, 1.807) is 0 Å². The zero-order valence-corrected chi connectivity index (χ0v) is 14.1. The number of carbonyl (C=O) groups is 2. The summed E-state index contributed by atoms with van der Waals surface area (Å²) in [6.45, 7) is 4.27. The van der Waals surface area contributed by atoms with Crippen molar-refractivity contribution in [3.8, 4) is 0 Å². The number of rotatable bonds is 7. The molecule has 2 rings (SSSR count). The van der Waals surface area contributed by atoms with Crippen molar-refractivity contribution in [2.45, 2.75) is 57.8 Å². The summed E-state index contributed by atoms with van der Waals surface area (Å²) in [6.07, 6.45) is 10.2. The number of carboxylic acid groups (broad SMARTS) is 1. The number of hydrogen-bond acceptors (Lipinski definition) is 3. The summed E-state index contributed by atoms with van der Waals surface area (Å²) in [5, 5.41) is 14.1. The standard InChI is InChI=1S/C17H31N3O3/c21-15(22)5-4-10-18-16(23)19-11-14-20-12-8-17(9-13-20)6-2-1-3-7-17/h1-14H2,(H,21,22)(H2,18,19,23). The van der Waals surface area contributed by atoms with E-state index in [0.717, 1.165) is 19.6 Å². The third kappa shape index (κ3) is 6.37. The normalized spacial score (nSPS) is 21.0. The molecule has 0 aromatic heterocycles. The molecule has 1 saturated heterocycles. The highest BCUT2D eigenvalue weighted by molar-refractivity contribution is 5.73. The molecule has 1 aliphatic heterocycles. The van der Waals surface area contributed by atoms with Crippen LogP contribution in [0.1, 0.15) is 57.8 Å². The van der Waals surface area contributed by atoms with Crippen LogP contribution in [0.4, 0.5) is 4.79 Å². The molecule has 6 heteroatoms. The number of likely N-dealkylation sites (tertiary alicyclic amines) is 1. The molecule has 1 spiro atoms. The van der Waals surface area contributed by atoms with Gasteiger partial charge in [0.05, 0.1) is 0 Å². The van der Waals surface area contributed by atoms with Crippen LogP contribution < -0.4 is 10.6 Å². The molecule has 0 atom stereocenters. The van der Waals surface area contributed by atoms with Crippen molar-refractivity contribution in [3.63, 3.8) is 0 Å². The number of amides is 2. The van der Waals surface area contributed by atoms with Gasteiger partial charge in [0, 0.05) is 26.1 Å². The predicted molar refractivity (Wildman–Crippen MR) is 89.5 cm³/mol. The smallest absolute Gasteiger partial charge is 0.314 e. The van der Waals surface area contributed by atoms with E-state index in [4.69, 9.17) is 5.11 Å². The Bertz CT molecular complexity index is 385. The summed E-state index contributed by atoms with van der Waals surface area (Å²) in [5.74, 6) is -0.826. The molecule has 1 heterocycles. The lowest BCUT2D eigenvalue weighted by Crippen LogP contribution is -2.45. The minimum Gasteiger partial charge on any atom is -0.481 e. The Morgan fingerprint density at radius 3 is 2.26 bits per heavy atom. The maximum atomic E-state index is 11.6. The fraction of sp³-hybridized carbons (Fsp3) is 0.882. The number of nitrogens with one attached hydrogen (secondary N) is 2. The van der Waals surface area contributed by atoms with Gasteiger partial charge in [-0.1, -0.05) is 19.3 Å². The second-order valence-corrected chi connectivity index (χ2v) is 7.08. The van der Waals surface area contributed by atoms with Crippen molar-refractivity contribution in [1.82, 2.24) is 15.5 Å². The Morgan fingerprint density at radius 2 is 1.61 bits per heavy atom. The van der Waals surface area contributed by atoms with Gasteiger partial charge in [-0.05, 0) is 50.6 Å². The summed E-state index contributed by atoms with van der Waals surface area (Å²) in [6, 6.07) is -0.198. The number of piperidine rings is 1. The van der Waals surface area contributed by atoms with Crippen molar-refractivity contribution in [2.75, 3.05) is 32.7 Å². The highest BCUT2D eigenvalue weighted by Gasteiger charge is 2.35. The fourth-order valence-corrected chi connectivity index (χ4v) is 3.88. The van der Waals surface area contributed by atoms with Crippen LogP contribution in [0, 0.1) is 5.41 Å². The van der Waals surface area contributed by atoms with Crippen LogP contribution in [0.3, 0.4) is 0 Å². The Morgan fingerprint density at radius 1 is 0.957 bits per heavy atom. The van der Waals surface area contributed by atoms with Gasteiger partial charge in [-0.2, -0.15) is 0 Å². The molecule has 2 aliphatic rings. The monoisotopic (exact) mass is 325 g/mol. The molecule has 0 radical (unpaired) electrons. The third-order valence-corrected chi connectivity index (χ3v) is 5.40. The summed E-state index contributed by atoms with van der Waals surface area (Å²) in [5.41, 5.74) is 0.629. The van der Waals surface area contributed by atoms with Gasteiger partial charge >= 0.3 is 12.0 Å². The summed E-state index contributed by atoms with van der Waals surface area (Å²) in [7, 11) is 0. The van der Waals surface area contributed by atoms with Crippen LogP contribution >= 0.6 is 0 Å². The summed E-state index contributed by atoms with van der Waals surface area (Å²) in [4.78, 5) is 24.4. The SMILES string of the molecule is O=C(O)CCCNC(=O)NCCN1CCC2(CCCCC2)CC1. The van der Waals surface area contributed by atoms with Crippen molar-refractivity contribution >= 4 is 12.0 Å². The van der Waals surface area contributed by atoms with E-state index < -0.39 is 5.97 Å². The largest absolute Gasteiger partial charge is 0.481 e. The number of nitrogens with zero attached hydrogens (tertiary/aromatic N) is 1. The number of aliphatic carboxylic acids is 1. The molecular formula is C17H31N3O3. The second kappa shape index (κ2) is 9.11. The van der Waals surface area contributed by atoms with Gasteiger partial charge in [0.25, 0.3) is 0 Å². The molecule has 6 nitrogen and oxygen atoms in total. The van der Waals surface area contributed by atoms with Crippen LogP contribution in [0.25, 0.3) is 0 Å². The topological polar surface area (TPSA) is 81.7 Å². The molecular weight excluding hydrogens is 294 g/mol. The molecule has 2 amide bonds. The fourth-order valence-electron chi connectivity index (χ4n) is 3.88. The molecule has 1 saturated carbocycles. The van der Waals surface area contributed by atoms with E-state index in [0.29, 0.717) is 24.9 Å². The molecule has 2 fully saturated rings. The highest BCUT2D eigenvalue weighted by Crippen LogP contribution is 2.44. The van der Waals surface area contributed by atoms with Crippen LogP contribution in [0.15, 0.2) is 0 Å². The maximum absolute atomic E-state index is 11.6. The average Bonchev–Trinajstić information content (AvgIpc) is 2.54. The minimum atomic E-state index is -0.826. The Hall–Kier alpha value is -1.30. The van der Waals surface area contributed by atoms with Crippen molar-refractivity contribution < 1.29 is 14.7 Å². The van der Waals surface area contributed by atoms with Gasteiger partial charge in [0.1, 0.15) is 0 Å². The summed E-state index contributed by atoms with van der Waals surface area (Å²) < 4.78 is 0. The van der Waals surface area contributed by atoms with Crippen LogP contribution in [0.2, 0.25) is 0 Å². The highest BCUT2D eigenvalue weighted by atomic mass is 16.4. The number of carbonyl (C=O) groups excluding carboxylic acids is 1. The zero-order chi connectivity index (χ0) is 16.5. The first kappa shape index (κ1) is 18.0. The average molecular weight is 325 g/mol.